The van der Waals surface area contributed by atoms with E-state index >= 15 is 0 Å². The largest absolute Gasteiger partial charge is 0.506 e. The zero-order chi connectivity index (χ0) is 11.4. The van der Waals surface area contributed by atoms with Crippen LogP contribution in [0.2, 0.25) is 0 Å². The molecule has 1 aromatic carbocycles. The second kappa shape index (κ2) is 4.47. The Morgan fingerprint density at radius 3 is 2.73 bits per heavy atom. The van der Waals surface area contributed by atoms with Gasteiger partial charge in [-0.1, -0.05) is 0 Å². The summed E-state index contributed by atoms with van der Waals surface area (Å²) in [6.45, 7) is 3.56. The van der Waals surface area contributed by atoms with E-state index in [4.69, 9.17) is 10.00 Å². The number of hydrogen-bond donors (Lipinski definition) is 1. The third-order valence-electron chi connectivity index (χ3n) is 1.89. The number of rotatable bonds is 3. The standard InChI is InChI=1S/C11H11NO3/c1-3-15-9-4-8(6-12)11(14)10(5-9)7(2)13/h4-5,14H,3H2,1-2H3. The summed E-state index contributed by atoms with van der Waals surface area (Å²) in [4.78, 5) is 11.2. The second-order valence-electron chi connectivity index (χ2n) is 2.97. The lowest BCUT2D eigenvalue weighted by molar-refractivity contribution is 0.101. The summed E-state index contributed by atoms with van der Waals surface area (Å²) >= 11 is 0. The first kappa shape index (κ1) is 11.1. The fourth-order valence-corrected chi connectivity index (χ4v) is 1.21. The molecule has 0 aliphatic carbocycles. The number of Topliss-reactive ketones (excluding diaryl/α,β-unsaturated/α-hetero) is 1. The molecule has 0 unspecified atom stereocenters. The number of phenolic OH excluding ortho intramolecular Hbond substituents is 1. The summed E-state index contributed by atoms with van der Waals surface area (Å²) in [5.74, 6) is -0.170. The van der Waals surface area contributed by atoms with Gasteiger partial charge in [0.25, 0.3) is 0 Å². The van der Waals surface area contributed by atoms with Gasteiger partial charge in [0.05, 0.1) is 17.7 Å². The van der Waals surface area contributed by atoms with Crippen LogP contribution in [-0.4, -0.2) is 17.5 Å². The summed E-state index contributed by atoms with van der Waals surface area (Å²) < 4.78 is 5.18. The zero-order valence-corrected chi connectivity index (χ0v) is 8.57. The highest BCUT2D eigenvalue weighted by Gasteiger charge is 2.13. The molecule has 0 bridgehead atoms. The van der Waals surface area contributed by atoms with Crippen LogP contribution in [0.5, 0.6) is 11.5 Å². The summed E-state index contributed by atoms with van der Waals surface area (Å²) in [5, 5.41) is 18.3. The number of ketones is 1. The number of carbonyl (C=O) groups is 1. The minimum absolute atomic E-state index is 0.0474. The van der Waals surface area contributed by atoms with E-state index in [1.54, 1.807) is 6.92 Å². The Kier molecular flexibility index (Phi) is 3.29. The van der Waals surface area contributed by atoms with Crippen LogP contribution in [0, 0.1) is 11.3 Å². The molecule has 0 aromatic heterocycles. The molecular formula is C11H11NO3. The number of nitriles is 1. The number of carbonyl (C=O) groups excluding carboxylic acids is 1. The van der Waals surface area contributed by atoms with Crippen LogP contribution in [0.25, 0.3) is 0 Å². The second-order valence-corrected chi connectivity index (χ2v) is 2.97. The highest BCUT2D eigenvalue weighted by atomic mass is 16.5. The van der Waals surface area contributed by atoms with Crippen LogP contribution in [0.15, 0.2) is 12.1 Å². The molecule has 0 atom stereocenters. The molecule has 0 aliphatic rings. The normalized spacial score (nSPS) is 9.40. The van der Waals surface area contributed by atoms with Crippen LogP contribution in [-0.2, 0) is 0 Å². The van der Waals surface area contributed by atoms with E-state index in [0.29, 0.717) is 12.4 Å². The smallest absolute Gasteiger partial charge is 0.163 e. The molecule has 0 radical (unpaired) electrons. The number of aromatic hydroxyl groups is 1. The molecule has 0 saturated carbocycles. The van der Waals surface area contributed by atoms with Crippen molar-refractivity contribution < 1.29 is 14.6 Å². The van der Waals surface area contributed by atoms with Gasteiger partial charge in [0, 0.05) is 6.07 Å². The van der Waals surface area contributed by atoms with Gasteiger partial charge in [-0.3, -0.25) is 4.79 Å². The van der Waals surface area contributed by atoms with Crippen molar-refractivity contribution in [3.05, 3.63) is 23.3 Å². The van der Waals surface area contributed by atoms with Crippen molar-refractivity contribution in [2.45, 2.75) is 13.8 Å². The van der Waals surface area contributed by atoms with Gasteiger partial charge in [0.15, 0.2) is 5.78 Å². The summed E-state index contributed by atoms with van der Waals surface area (Å²) in [7, 11) is 0. The molecule has 1 rings (SSSR count). The Morgan fingerprint density at radius 2 is 2.27 bits per heavy atom. The number of ether oxygens (including phenoxy) is 1. The predicted octanol–water partition coefficient (Wildman–Crippen LogP) is 1.87. The number of phenols is 1. The predicted molar refractivity (Wildman–Crippen MR) is 54.0 cm³/mol. The summed E-state index contributed by atoms with van der Waals surface area (Å²) in [6.07, 6.45) is 0. The molecule has 78 valence electrons. The highest BCUT2D eigenvalue weighted by Crippen LogP contribution is 2.28. The quantitative estimate of drug-likeness (QED) is 0.764. The van der Waals surface area contributed by atoms with Gasteiger partial charge in [0.1, 0.15) is 17.6 Å². The first-order valence-corrected chi connectivity index (χ1v) is 4.51. The van der Waals surface area contributed by atoms with Crippen molar-refractivity contribution in [2.24, 2.45) is 0 Å². The van der Waals surface area contributed by atoms with Crippen LogP contribution in [0.3, 0.4) is 0 Å². The van der Waals surface area contributed by atoms with E-state index in [0.717, 1.165) is 0 Å². The average Bonchev–Trinajstić information content (AvgIpc) is 2.20. The Balaban J connectivity index is 3.33. The number of hydrogen-bond acceptors (Lipinski definition) is 4. The maximum atomic E-state index is 11.2. The minimum atomic E-state index is -0.300. The fourth-order valence-electron chi connectivity index (χ4n) is 1.21. The summed E-state index contributed by atoms with van der Waals surface area (Å²) in [5.41, 5.74) is 0.156. The molecule has 4 nitrogen and oxygen atoms in total. The van der Waals surface area contributed by atoms with E-state index in [1.165, 1.54) is 19.1 Å². The highest BCUT2D eigenvalue weighted by molar-refractivity contribution is 5.97. The molecule has 1 aromatic rings. The Bertz CT molecular complexity index is 432. The Morgan fingerprint density at radius 1 is 1.60 bits per heavy atom. The SMILES string of the molecule is CCOc1cc(C#N)c(O)c(C(C)=O)c1. The molecular weight excluding hydrogens is 194 g/mol. The van der Waals surface area contributed by atoms with Gasteiger partial charge in [-0.05, 0) is 19.9 Å². The lowest BCUT2D eigenvalue weighted by atomic mass is 10.1. The van der Waals surface area contributed by atoms with Gasteiger partial charge < -0.3 is 9.84 Å². The Hall–Kier alpha value is -2.02. The first-order chi connectivity index (χ1) is 7.10. The lowest BCUT2D eigenvalue weighted by Crippen LogP contribution is -1.98. The third-order valence-corrected chi connectivity index (χ3v) is 1.89. The van der Waals surface area contributed by atoms with Crippen molar-refractivity contribution >= 4 is 5.78 Å². The zero-order valence-electron chi connectivity index (χ0n) is 8.57. The van der Waals surface area contributed by atoms with E-state index < -0.39 is 0 Å². The molecule has 0 heterocycles. The summed E-state index contributed by atoms with van der Waals surface area (Å²) in [6, 6.07) is 4.65. The molecule has 0 fully saturated rings. The maximum absolute atomic E-state index is 11.2. The van der Waals surface area contributed by atoms with Crippen molar-refractivity contribution in [1.29, 1.82) is 5.26 Å². The van der Waals surface area contributed by atoms with Gasteiger partial charge in [-0.15, -0.1) is 0 Å². The van der Waals surface area contributed by atoms with Gasteiger partial charge in [-0.2, -0.15) is 5.26 Å². The molecule has 0 saturated heterocycles. The lowest BCUT2D eigenvalue weighted by Gasteiger charge is -2.07. The molecule has 0 aliphatic heterocycles. The van der Waals surface area contributed by atoms with Crippen LogP contribution >= 0.6 is 0 Å². The van der Waals surface area contributed by atoms with Crippen LogP contribution in [0.1, 0.15) is 29.8 Å². The fraction of sp³-hybridized carbons (Fsp3) is 0.273. The molecule has 0 amide bonds. The average molecular weight is 205 g/mol. The van der Waals surface area contributed by atoms with Crippen molar-refractivity contribution in [1.82, 2.24) is 0 Å². The first-order valence-electron chi connectivity index (χ1n) is 4.51. The van der Waals surface area contributed by atoms with Crippen molar-refractivity contribution in [2.75, 3.05) is 6.61 Å². The van der Waals surface area contributed by atoms with Gasteiger partial charge in [0.2, 0.25) is 0 Å². The Labute approximate surface area is 87.7 Å². The molecule has 15 heavy (non-hydrogen) atoms. The molecule has 1 N–H and O–H groups in total. The monoisotopic (exact) mass is 205 g/mol. The van der Waals surface area contributed by atoms with E-state index in [1.807, 2.05) is 6.07 Å². The van der Waals surface area contributed by atoms with Crippen molar-refractivity contribution in [3.63, 3.8) is 0 Å². The van der Waals surface area contributed by atoms with Crippen molar-refractivity contribution in [3.8, 4) is 17.6 Å². The number of benzene rings is 1. The van der Waals surface area contributed by atoms with Gasteiger partial charge in [-0.25, -0.2) is 0 Å². The van der Waals surface area contributed by atoms with Gasteiger partial charge >= 0.3 is 0 Å². The maximum Gasteiger partial charge on any atom is 0.163 e. The number of nitrogens with zero attached hydrogens (tertiary/aromatic N) is 1. The third kappa shape index (κ3) is 2.26. The minimum Gasteiger partial charge on any atom is -0.506 e. The van der Waals surface area contributed by atoms with E-state index in [2.05, 4.69) is 0 Å². The topological polar surface area (TPSA) is 70.3 Å². The molecule has 0 spiro atoms. The van der Waals surface area contributed by atoms with E-state index in [9.17, 15) is 9.90 Å². The molecule has 4 heteroatoms. The van der Waals surface area contributed by atoms with Crippen LogP contribution < -0.4 is 4.74 Å². The van der Waals surface area contributed by atoms with E-state index in [-0.39, 0.29) is 22.7 Å². The van der Waals surface area contributed by atoms with Crippen LogP contribution in [0.4, 0.5) is 0 Å².